The van der Waals surface area contributed by atoms with Crippen molar-refractivity contribution in [2.24, 2.45) is 0 Å². The Morgan fingerprint density at radius 3 is 2.65 bits per heavy atom. The van der Waals surface area contributed by atoms with Gasteiger partial charge in [-0.2, -0.15) is 0 Å². The minimum absolute atomic E-state index is 0.0324. The number of nitrogens with zero attached hydrogens (tertiary/aromatic N) is 2. The third-order valence-corrected chi connectivity index (χ3v) is 4.89. The number of benzene rings is 1. The van der Waals surface area contributed by atoms with Crippen molar-refractivity contribution in [3.05, 3.63) is 30.1 Å². The lowest BCUT2D eigenvalue weighted by Crippen LogP contribution is -2.22. The lowest BCUT2D eigenvalue weighted by atomic mass is 10.3. The third kappa shape index (κ3) is 3.55. The summed E-state index contributed by atoms with van der Waals surface area (Å²) in [5.74, 6) is 0.439. The first-order chi connectivity index (χ1) is 9.38. The van der Waals surface area contributed by atoms with Crippen molar-refractivity contribution in [1.29, 1.82) is 0 Å². The maximum atomic E-state index is 11.7. The number of ketones is 1. The first-order valence-electron chi connectivity index (χ1n) is 6.92. The summed E-state index contributed by atoms with van der Waals surface area (Å²) in [6.45, 7) is 9.64. The number of fused-ring (bicyclic) bond motifs is 1. The van der Waals surface area contributed by atoms with Gasteiger partial charge >= 0.3 is 0 Å². The average molecular weight is 290 g/mol. The Hall–Kier alpha value is -1.46. The highest BCUT2D eigenvalue weighted by molar-refractivity contribution is 6.76. The van der Waals surface area contributed by atoms with Crippen molar-refractivity contribution >= 4 is 24.9 Å². The number of carbonyl (C=O) groups is 1. The molecule has 0 saturated carbocycles. The summed E-state index contributed by atoms with van der Waals surface area (Å²) >= 11 is 0. The lowest BCUT2D eigenvalue weighted by molar-refractivity contribution is 0.0827. The molecule has 4 nitrogen and oxygen atoms in total. The van der Waals surface area contributed by atoms with Crippen LogP contribution in [0.15, 0.2) is 24.3 Å². The zero-order valence-electron chi connectivity index (χ0n) is 12.6. The van der Waals surface area contributed by atoms with E-state index in [4.69, 9.17) is 4.74 Å². The molecule has 0 N–H and O–H groups in total. The first-order valence-corrected chi connectivity index (χ1v) is 10.6. The molecule has 0 unspecified atom stereocenters. The normalized spacial score (nSPS) is 12.0. The van der Waals surface area contributed by atoms with Crippen LogP contribution >= 0.6 is 0 Å². The van der Waals surface area contributed by atoms with E-state index in [1.54, 1.807) is 6.92 Å². The number of carbonyl (C=O) groups excluding carboxylic acids is 1. The Balaban J connectivity index is 2.15. The Kier molecular flexibility index (Phi) is 4.40. The minimum Gasteiger partial charge on any atom is -0.361 e. The molecular formula is C15H22N2O2Si. The number of hydrogen-bond donors (Lipinski definition) is 0. The van der Waals surface area contributed by atoms with Gasteiger partial charge in [0, 0.05) is 21.6 Å². The number of ether oxygens (including phenoxy) is 1. The number of imidazole rings is 1. The molecule has 0 aliphatic rings. The largest absolute Gasteiger partial charge is 0.361 e. The molecule has 1 heterocycles. The van der Waals surface area contributed by atoms with Gasteiger partial charge in [0.15, 0.2) is 11.6 Å². The van der Waals surface area contributed by atoms with Gasteiger partial charge in [0.2, 0.25) is 0 Å². The minimum atomic E-state index is -1.09. The molecule has 0 fully saturated rings. The van der Waals surface area contributed by atoms with Crippen LogP contribution in [0.1, 0.15) is 17.5 Å². The molecule has 0 amide bonds. The predicted octanol–water partition coefficient (Wildman–Crippen LogP) is 3.55. The average Bonchev–Trinajstić information content (AvgIpc) is 2.72. The molecule has 0 aliphatic heterocycles. The zero-order valence-corrected chi connectivity index (χ0v) is 13.6. The standard InChI is InChI=1S/C15H22N2O2Si/c1-12(18)15-16-13-7-5-6-8-14(13)17(15)11-19-9-10-20(2,3)4/h5-8H,9-11H2,1-4H3. The van der Waals surface area contributed by atoms with Crippen LogP contribution in [0.2, 0.25) is 25.7 Å². The van der Waals surface area contributed by atoms with E-state index in [0.29, 0.717) is 12.6 Å². The smallest absolute Gasteiger partial charge is 0.195 e. The van der Waals surface area contributed by atoms with Crippen LogP contribution in [0.4, 0.5) is 0 Å². The Labute approximate surface area is 120 Å². The van der Waals surface area contributed by atoms with Crippen LogP contribution in [-0.2, 0) is 11.5 Å². The van der Waals surface area contributed by atoms with Crippen molar-refractivity contribution in [2.45, 2.75) is 39.3 Å². The molecule has 1 aromatic heterocycles. The molecule has 108 valence electrons. The summed E-state index contributed by atoms with van der Waals surface area (Å²) in [5, 5.41) is 0. The summed E-state index contributed by atoms with van der Waals surface area (Å²) in [4.78, 5) is 16.1. The number of para-hydroxylation sites is 2. The van der Waals surface area contributed by atoms with E-state index in [1.807, 2.05) is 28.8 Å². The highest BCUT2D eigenvalue weighted by Gasteiger charge is 2.15. The van der Waals surface area contributed by atoms with E-state index in [2.05, 4.69) is 24.6 Å². The SMILES string of the molecule is CC(=O)c1nc2ccccc2n1COCC[Si](C)(C)C. The van der Waals surface area contributed by atoms with Crippen LogP contribution in [0, 0.1) is 0 Å². The van der Waals surface area contributed by atoms with Crippen LogP contribution < -0.4 is 0 Å². The summed E-state index contributed by atoms with van der Waals surface area (Å²) < 4.78 is 7.62. The maximum Gasteiger partial charge on any atom is 0.195 e. The van der Waals surface area contributed by atoms with Gasteiger partial charge in [-0.15, -0.1) is 0 Å². The summed E-state index contributed by atoms with van der Waals surface area (Å²) in [5.41, 5.74) is 1.79. The van der Waals surface area contributed by atoms with E-state index in [-0.39, 0.29) is 5.78 Å². The molecule has 2 aromatic rings. The number of Topliss-reactive ketones (excluding diaryl/α,β-unsaturated/α-hetero) is 1. The molecule has 20 heavy (non-hydrogen) atoms. The molecule has 0 spiro atoms. The lowest BCUT2D eigenvalue weighted by Gasteiger charge is -2.16. The monoisotopic (exact) mass is 290 g/mol. The number of rotatable bonds is 6. The van der Waals surface area contributed by atoms with Gasteiger partial charge in [-0.3, -0.25) is 9.36 Å². The van der Waals surface area contributed by atoms with Crippen molar-refractivity contribution in [2.75, 3.05) is 6.61 Å². The van der Waals surface area contributed by atoms with E-state index in [0.717, 1.165) is 23.7 Å². The Morgan fingerprint density at radius 1 is 1.30 bits per heavy atom. The second kappa shape index (κ2) is 5.89. The van der Waals surface area contributed by atoms with Gasteiger partial charge in [0.05, 0.1) is 11.0 Å². The fourth-order valence-corrected chi connectivity index (χ4v) is 2.77. The molecule has 0 saturated heterocycles. The van der Waals surface area contributed by atoms with Gasteiger partial charge in [-0.05, 0) is 18.2 Å². The number of hydrogen-bond acceptors (Lipinski definition) is 3. The quantitative estimate of drug-likeness (QED) is 0.464. The second-order valence-corrected chi connectivity index (χ2v) is 11.9. The van der Waals surface area contributed by atoms with E-state index < -0.39 is 8.07 Å². The van der Waals surface area contributed by atoms with Crippen LogP contribution in [0.3, 0.4) is 0 Å². The first kappa shape index (κ1) is 14.9. The van der Waals surface area contributed by atoms with Gasteiger partial charge in [-0.25, -0.2) is 4.98 Å². The molecule has 5 heteroatoms. The fraction of sp³-hybridized carbons (Fsp3) is 0.467. The topological polar surface area (TPSA) is 44.1 Å². The zero-order chi connectivity index (χ0) is 14.8. The van der Waals surface area contributed by atoms with Gasteiger partial charge in [0.25, 0.3) is 0 Å². The van der Waals surface area contributed by atoms with Crippen LogP contribution in [-0.4, -0.2) is 30.0 Å². The van der Waals surface area contributed by atoms with E-state index in [9.17, 15) is 4.79 Å². The maximum absolute atomic E-state index is 11.7. The van der Waals surface area contributed by atoms with E-state index in [1.165, 1.54) is 0 Å². The van der Waals surface area contributed by atoms with Crippen molar-refractivity contribution in [3.63, 3.8) is 0 Å². The molecular weight excluding hydrogens is 268 g/mol. The van der Waals surface area contributed by atoms with Gasteiger partial charge in [-0.1, -0.05) is 31.8 Å². The molecule has 0 bridgehead atoms. The second-order valence-electron chi connectivity index (χ2n) is 6.26. The summed E-state index contributed by atoms with van der Waals surface area (Å²) in [6.07, 6.45) is 0. The number of aromatic nitrogens is 2. The Bertz CT molecular complexity index is 614. The van der Waals surface area contributed by atoms with Gasteiger partial charge < -0.3 is 4.74 Å². The van der Waals surface area contributed by atoms with Crippen molar-refractivity contribution in [1.82, 2.24) is 9.55 Å². The molecule has 1 aromatic carbocycles. The van der Waals surface area contributed by atoms with E-state index >= 15 is 0 Å². The van der Waals surface area contributed by atoms with Crippen molar-refractivity contribution in [3.8, 4) is 0 Å². The predicted molar refractivity (Wildman–Crippen MR) is 83.8 cm³/mol. The van der Waals surface area contributed by atoms with Gasteiger partial charge in [0.1, 0.15) is 6.73 Å². The molecule has 0 aliphatic carbocycles. The molecule has 0 radical (unpaired) electrons. The highest BCUT2D eigenvalue weighted by atomic mass is 28.3. The Morgan fingerprint density at radius 2 is 2.00 bits per heavy atom. The van der Waals surface area contributed by atoms with Crippen LogP contribution in [0.25, 0.3) is 11.0 Å². The summed E-state index contributed by atoms with van der Waals surface area (Å²) in [7, 11) is -1.09. The van der Waals surface area contributed by atoms with Crippen LogP contribution in [0.5, 0.6) is 0 Å². The summed E-state index contributed by atoms with van der Waals surface area (Å²) in [6, 6.07) is 8.88. The third-order valence-electron chi connectivity index (χ3n) is 3.19. The fourth-order valence-electron chi connectivity index (χ4n) is 2.01. The molecule has 0 atom stereocenters. The van der Waals surface area contributed by atoms with Crippen molar-refractivity contribution < 1.29 is 9.53 Å². The molecule has 2 rings (SSSR count). The highest BCUT2D eigenvalue weighted by Crippen LogP contribution is 2.17.